The second-order valence-corrected chi connectivity index (χ2v) is 7.28. The van der Waals surface area contributed by atoms with Gasteiger partial charge in [-0.2, -0.15) is 0 Å². The number of rotatable bonds is 5. The molecule has 3 rings (SSSR count). The molecule has 1 aromatic carbocycles. The molecule has 0 saturated heterocycles. The van der Waals surface area contributed by atoms with Crippen molar-refractivity contribution in [1.29, 1.82) is 0 Å². The number of ketones is 1. The first-order chi connectivity index (χ1) is 11.9. The maximum absolute atomic E-state index is 12.7. The van der Waals surface area contributed by atoms with E-state index in [9.17, 15) is 4.79 Å². The molecule has 3 aromatic rings. The Bertz CT molecular complexity index is 945. The van der Waals surface area contributed by atoms with Crippen LogP contribution in [0.1, 0.15) is 27.6 Å². The molecule has 5 nitrogen and oxygen atoms in total. The predicted octanol–water partition coefficient (Wildman–Crippen LogP) is 4.16. The van der Waals surface area contributed by atoms with Gasteiger partial charge >= 0.3 is 0 Å². The van der Waals surface area contributed by atoms with E-state index < -0.39 is 0 Å². The van der Waals surface area contributed by atoms with Gasteiger partial charge in [0.05, 0.1) is 5.75 Å². The summed E-state index contributed by atoms with van der Waals surface area (Å²) in [5, 5.41) is 9.52. The fraction of sp³-hybridized carbons (Fsp3) is 0.278. The van der Waals surface area contributed by atoms with Crippen molar-refractivity contribution in [2.75, 3.05) is 5.75 Å². The lowest BCUT2D eigenvalue weighted by Gasteiger charge is -2.10. The molecule has 0 aliphatic heterocycles. The Labute approximate surface area is 156 Å². The van der Waals surface area contributed by atoms with Crippen LogP contribution in [0, 0.1) is 20.8 Å². The first kappa shape index (κ1) is 17.8. The Kier molecular flexibility index (Phi) is 5.01. The molecule has 2 aromatic heterocycles. The normalized spacial score (nSPS) is 11.1. The molecule has 0 amide bonds. The van der Waals surface area contributed by atoms with Gasteiger partial charge in [0.25, 0.3) is 0 Å². The minimum atomic E-state index is 0.0760. The van der Waals surface area contributed by atoms with Crippen LogP contribution < -0.4 is 0 Å². The summed E-state index contributed by atoms with van der Waals surface area (Å²) in [5.41, 5.74) is 3.60. The smallest absolute Gasteiger partial charge is 0.191 e. The van der Waals surface area contributed by atoms with E-state index in [-0.39, 0.29) is 5.78 Å². The van der Waals surface area contributed by atoms with Crippen LogP contribution in [0.4, 0.5) is 0 Å². The Balaban J connectivity index is 1.84. The molecule has 0 radical (unpaired) electrons. The van der Waals surface area contributed by atoms with Crippen molar-refractivity contribution >= 4 is 29.1 Å². The molecular formula is C18H19ClN4OS. The van der Waals surface area contributed by atoms with E-state index in [0.717, 1.165) is 33.6 Å². The SMILES string of the molecule is Cc1nnc(SCC(=O)c2cc(C)n(-c3cccc(Cl)c3)c2C)n1C. The van der Waals surface area contributed by atoms with Crippen LogP contribution in [0.3, 0.4) is 0 Å². The van der Waals surface area contributed by atoms with Gasteiger partial charge in [-0.05, 0) is 45.0 Å². The van der Waals surface area contributed by atoms with Gasteiger partial charge in [-0.15, -0.1) is 10.2 Å². The van der Waals surface area contributed by atoms with Gasteiger partial charge in [-0.3, -0.25) is 4.79 Å². The summed E-state index contributed by atoms with van der Waals surface area (Å²) >= 11 is 7.51. The summed E-state index contributed by atoms with van der Waals surface area (Å²) in [6.07, 6.45) is 0. The third-order valence-corrected chi connectivity index (χ3v) is 5.44. The van der Waals surface area contributed by atoms with Gasteiger partial charge in [0.1, 0.15) is 5.82 Å². The zero-order valence-electron chi connectivity index (χ0n) is 14.6. The van der Waals surface area contributed by atoms with E-state index in [2.05, 4.69) is 14.8 Å². The average molecular weight is 375 g/mol. The van der Waals surface area contributed by atoms with Crippen molar-refractivity contribution in [3.63, 3.8) is 0 Å². The third-order valence-electron chi connectivity index (χ3n) is 4.18. The number of carbonyl (C=O) groups is 1. The lowest BCUT2D eigenvalue weighted by molar-refractivity contribution is 0.102. The average Bonchev–Trinajstić information content (AvgIpc) is 3.05. The second-order valence-electron chi connectivity index (χ2n) is 5.90. The molecule has 0 aliphatic carbocycles. The topological polar surface area (TPSA) is 52.7 Å². The first-order valence-corrected chi connectivity index (χ1v) is 9.21. The van der Waals surface area contributed by atoms with Crippen LogP contribution in [0.5, 0.6) is 0 Å². The molecule has 2 heterocycles. The molecular weight excluding hydrogens is 356 g/mol. The van der Waals surface area contributed by atoms with Crippen molar-refractivity contribution in [3.05, 3.63) is 58.1 Å². The maximum Gasteiger partial charge on any atom is 0.191 e. The number of nitrogens with zero attached hydrogens (tertiary/aromatic N) is 4. The fourth-order valence-corrected chi connectivity index (χ4v) is 3.80. The largest absolute Gasteiger partial charge is 0.318 e. The Hall–Kier alpha value is -2.05. The highest BCUT2D eigenvalue weighted by Crippen LogP contribution is 2.25. The molecule has 7 heteroatoms. The van der Waals surface area contributed by atoms with Gasteiger partial charge < -0.3 is 9.13 Å². The number of benzene rings is 1. The summed E-state index contributed by atoms with van der Waals surface area (Å²) in [6.45, 7) is 5.83. The van der Waals surface area contributed by atoms with Crippen LogP contribution >= 0.6 is 23.4 Å². The van der Waals surface area contributed by atoms with Crippen molar-refractivity contribution in [2.45, 2.75) is 25.9 Å². The molecule has 0 aliphatic rings. The minimum absolute atomic E-state index is 0.0760. The van der Waals surface area contributed by atoms with Crippen LogP contribution in [-0.2, 0) is 7.05 Å². The van der Waals surface area contributed by atoms with Crippen molar-refractivity contribution in [1.82, 2.24) is 19.3 Å². The molecule has 0 unspecified atom stereocenters. The molecule has 25 heavy (non-hydrogen) atoms. The molecule has 0 spiro atoms. The number of aryl methyl sites for hydroxylation is 2. The molecule has 130 valence electrons. The predicted molar refractivity (Wildman–Crippen MR) is 101 cm³/mol. The fourth-order valence-electron chi connectivity index (χ4n) is 2.78. The Morgan fingerprint density at radius 1 is 1.20 bits per heavy atom. The highest BCUT2D eigenvalue weighted by molar-refractivity contribution is 7.99. The van der Waals surface area contributed by atoms with Gasteiger partial charge in [0.15, 0.2) is 10.9 Å². The summed E-state index contributed by atoms with van der Waals surface area (Å²) in [5.74, 6) is 1.23. The number of thioether (sulfide) groups is 1. The van der Waals surface area contributed by atoms with Gasteiger partial charge in [-0.1, -0.05) is 29.4 Å². The molecule has 0 saturated carbocycles. The van der Waals surface area contributed by atoms with Crippen LogP contribution in [0.2, 0.25) is 5.02 Å². The van der Waals surface area contributed by atoms with E-state index in [0.29, 0.717) is 10.8 Å². The van der Waals surface area contributed by atoms with Crippen LogP contribution in [-0.4, -0.2) is 30.9 Å². The molecule has 0 N–H and O–H groups in total. The zero-order chi connectivity index (χ0) is 18.1. The monoisotopic (exact) mass is 374 g/mol. The number of hydrogen-bond donors (Lipinski definition) is 0. The Morgan fingerprint density at radius 2 is 1.96 bits per heavy atom. The third kappa shape index (κ3) is 3.50. The first-order valence-electron chi connectivity index (χ1n) is 7.85. The summed E-state index contributed by atoms with van der Waals surface area (Å²) in [6, 6.07) is 9.56. The highest BCUT2D eigenvalue weighted by atomic mass is 35.5. The number of hydrogen-bond acceptors (Lipinski definition) is 4. The van der Waals surface area contributed by atoms with Crippen LogP contribution in [0.25, 0.3) is 5.69 Å². The summed E-state index contributed by atoms with van der Waals surface area (Å²) < 4.78 is 3.93. The van der Waals surface area contributed by atoms with E-state index in [1.165, 1.54) is 11.8 Å². The zero-order valence-corrected chi connectivity index (χ0v) is 16.1. The van der Waals surface area contributed by atoms with Crippen LogP contribution in [0.15, 0.2) is 35.5 Å². The van der Waals surface area contributed by atoms with Crippen molar-refractivity contribution in [2.24, 2.45) is 7.05 Å². The maximum atomic E-state index is 12.7. The number of Topliss-reactive ketones (excluding diaryl/α,β-unsaturated/α-hetero) is 1. The number of halogens is 1. The van der Waals surface area contributed by atoms with E-state index in [1.807, 2.05) is 62.7 Å². The molecule has 0 fully saturated rings. The van der Waals surface area contributed by atoms with E-state index in [4.69, 9.17) is 11.6 Å². The standard InChI is InChI=1S/C18H19ClN4OS/c1-11-8-16(12(2)23(11)15-7-5-6-14(19)9-15)17(24)10-25-18-21-20-13(3)22(18)4/h5-9H,10H2,1-4H3. The van der Waals surface area contributed by atoms with Gasteiger partial charge in [0, 0.05) is 34.7 Å². The van der Waals surface area contributed by atoms with Crippen molar-refractivity contribution < 1.29 is 4.79 Å². The summed E-state index contributed by atoms with van der Waals surface area (Å²) in [7, 11) is 1.90. The molecule has 0 bridgehead atoms. The Morgan fingerprint density at radius 3 is 2.60 bits per heavy atom. The van der Waals surface area contributed by atoms with E-state index in [1.54, 1.807) is 0 Å². The highest BCUT2D eigenvalue weighted by Gasteiger charge is 2.18. The summed E-state index contributed by atoms with van der Waals surface area (Å²) in [4.78, 5) is 12.7. The van der Waals surface area contributed by atoms with Gasteiger partial charge in [0.2, 0.25) is 0 Å². The number of aromatic nitrogens is 4. The van der Waals surface area contributed by atoms with Crippen molar-refractivity contribution in [3.8, 4) is 5.69 Å². The quantitative estimate of drug-likeness (QED) is 0.497. The lowest BCUT2D eigenvalue weighted by atomic mass is 10.2. The van der Waals surface area contributed by atoms with Gasteiger partial charge in [-0.25, -0.2) is 0 Å². The molecule has 0 atom stereocenters. The second kappa shape index (κ2) is 7.06. The van der Waals surface area contributed by atoms with E-state index >= 15 is 0 Å². The minimum Gasteiger partial charge on any atom is -0.318 e. The lowest BCUT2D eigenvalue weighted by Crippen LogP contribution is -2.06. The number of carbonyl (C=O) groups excluding carboxylic acids is 1.